The lowest BCUT2D eigenvalue weighted by Crippen LogP contribution is -2.39. The van der Waals surface area contributed by atoms with Crippen LogP contribution in [0.5, 0.6) is 0 Å². The Hall–Kier alpha value is -0.170. The Morgan fingerprint density at radius 1 is 1.30 bits per heavy atom. The molecule has 1 aliphatic rings. The number of benzene rings is 1. The van der Waals surface area contributed by atoms with Crippen LogP contribution >= 0.6 is 31.9 Å². The van der Waals surface area contributed by atoms with E-state index in [2.05, 4.69) is 38.4 Å². The Morgan fingerprint density at radius 3 is 2.55 bits per heavy atom. The van der Waals surface area contributed by atoms with Crippen molar-refractivity contribution in [2.24, 2.45) is 0 Å². The van der Waals surface area contributed by atoms with Crippen LogP contribution in [0.1, 0.15) is 25.7 Å². The van der Waals surface area contributed by atoms with E-state index in [0.29, 0.717) is 15.9 Å². The van der Waals surface area contributed by atoms with Crippen LogP contribution in [-0.4, -0.2) is 25.3 Å². The highest BCUT2D eigenvalue weighted by molar-refractivity contribution is 9.11. The quantitative estimate of drug-likeness (QED) is 0.662. The fourth-order valence-electron chi connectivity index (χ4n) is 2.56. The van der Waals surface area contributed by atoms with Gasteiger partial charge in [-0.25, -0.2) is 8.42 Å². The van der Waals surface area contributed by atoms with Gasteiger partial charge < -0.3 is 0 Å². The highest BCUT2D eigenvalue weighted by atomic mass is 79.9. The van der Waals surface area contributed by atoms with Crippen LogP contribution in [0.4, 0.5) is 0 Å². The normalized spacial score (nSPS) is 16.8. The minimum Gasteiger partial charge on any atom is -0.207 e. The summed E-state index contributed by atoms with van der Waals surface area (Å²) in [5.74, 6) is 0. The number of halogens is 2. The Morgan fingerprint density at radius 2 is 1.95 bits per heavy atom. The number of hydrogen-bond acceptors (Lipinski definition) is 2. The van der Waals surface area contributed by atoms with Crippen molar-refractivity contribution in [3.05, 3.63) is 39.8 Å². The van der Waals surface area contributed by atoms with E-state index in [1.54, 1.807) is 22.5 Å². The van der Waals surface area contributed by atoms with Gasteiger partial charge in [-0.1, -0.05) is 34.8 Å². The van der Waals surface area contributed by atoms with Crippen LogP contribution < -0.4 is 0 Å². The lowest BCUT2D eigenvalue weighted by molar-refractivity contribution is 0.347. The molecule has 6 heteroatoms. The second-order valence-electron chi connectivity index (χ2n) is 4.88. The van der Waals surface area contributed by atoms with Crippen LogP contribution in [0, 0.1) is 0 Å². The Kier molecular flexibility index (Phi) is 5.45. The zero-order valence-corrected chi connectivity index (χ0v) is 15.0. The van der Waals surface area contributed by atoms with Gasteiger partial charge in [-0.05, 0) is 47.0 Å². The molecule has 1 aromatic rings. The molecule has 20 heavy (non-hydrogen) atoms. The number of nitrogens with zero attached hydrogens (tertiary/aromatic N) is 1. The molecule has 3 nitrogen and oxygen atoms in total. The zero-order valence-electron chi connectivity index (χ0n) is 11.1. The summed E-state index contributed by atoms with van der Waals surface area (Å²) in [7, 11) is -3.51. The first-order valence-corrected chi connectivity index (χ1v) is 9.57. The molecular weight excluding hydrogens is 406 g/mol. The summed E-state index contributed by atoms with van der Waals surface area (Å²) in [5, 5.41) is 0. The average Bonchev–Trinajstić information content (AvgIpc) is 2.92. The van der Waals surface area contributed by atoms with Crippen LogP contribution in [0.15, 0.2) is 44.7 Å². The minimum absolute atomic E-state index is 0.0869. The second kappa shape index (κ2) is 6.73. The lowest BCUT2D eigenvalue weighted by Gasteiger charge is -2.27. The zero-order chi connectivity index (χ0) is 14.8. The molecule has 0 bridgehead atoms. The maximum Gasteiger partial charge on any atom is 0.244 e. The molecule has 0 radical (unpaired) electrons. The summed E-state index contributed by atoms with van der Waals surface area (Å²) >= 11 is 6.68. The standard InChI is InChI=1S/C14H17Br2NO2S/c1-2-9-17(12-5-3-4-6-12)20(18,19)14-10-11(15)7-8-13(14)16/h2,7-8,10,12H,1,3-6,9H2. The molecular formula is C14H17Br2NO2S. The predicted molar refractivity (Wildman–Crippen MR) is 88.2 cm³/mol. The van der Waals surface area contributed by atoms with Gasteiger partial charge in [-0.3, -0.25) is 0 Å². The van der Waals surface area contributed by atoms with E-state index in [4.69, 9.17) is 0 Å². The monoisotopic (exact) mass is 421 g/mol. The molecule has 0 aromatic heterocycles. The first kappa shape index (κ1) is 16.2. The van der Waals surface area contributed by atoms with Crippen molar-refractivity contribution in [1.82, 2.24) is 4.31 Å². The summed E-state index contributed by atoms with van der Waals surface area (Å²) in [6.45, 7) is 4.05. The number of sulfonamides is 1. The summed E-state index contributed by atoms with van der Waals surface area (Å²) in [6.07, 6.45) is 5.69. The molecule has 0 aliphatic heterocycles. The molecule has 2 rings (SSSR count). The van der Waals surface area contributed by atoms with Gasteiger partial charge in [0, 0.05) is 21.5 Å². The predicted octanol–water partition coefficient (Wildman–Crippen LogP) is 4.33. The number of hydrogen-bond donors (Lipinski definition) is 0. The molecule has 0 atom stereocenters. The van der Waals surface area contributed by atoms with Crippen LogP contribution in [0.3, 0.4) is 0 Å². The average molecular weight is 423 g/mol. The molecule has 0 spiro atoms. The molecule has 1 saturated carbocycles. The summed E-state index contributed by atoms with van der Waals surface area (Å²) < 4.78 is 28.7. The summed E-state index contributed by atoms with van der Waals surface area (Å²) in [5.41, 5.74) is 0. The third kappa shape index (κ3) is 3.35. The molecule has 1 aromatic carbocycles. The topological polar surface area (TPSA) is 37.4 Å². The van der Waals surface area contributed by atoms with E-state index in [9.17, 15) is 8.42 Å². The fraction of sp³-hybridized carbons (Fsp3) is 0.429. The van der Waals surface area contributed by atoms with E-state index in [1.807, 2.05) is 6.07 Å². The molecule has 0 unspecified atom stereocenters. The third-order valence-corrected chi connectivity index (χ3v) is 6.93. The van der Waals surface area contributed by atoms with Crippen molar-refractivity contribution in [3.63, 3.8) is 0 Å². The first-order valence-electron chi connectivity index (χ1n) is 6.54. The Bertz CT molecular complexity index is 595. The molecule has 1 fully saturated rings. The van der Waals surface area contributed by atoms with Gasteiger partial charge in [0.15, 0.2) is 0 Å². The largest absolute Gasteiger partial charge is 0.244 e. The van der Waals surface area contributed by atoms with Gasteiger partial charge in [0.05, 0.1) is 4.90 Å². The number of rotatable bonds is 5. The Labute approximate surface area is 137 Å². The second-order valence-corrected chi connectivity index (χ2v) is 8.51. The highest BCUT2D eigenvalue weighted by Gasteiger charge is 2.33. The van der Waals surface area contributed by atoms with Gasteiger partial charge in [0.2, 0.25) is 10.0 Å². The fourth-order valence-corrected chi connectivity index (χ4v) is 5.69. The summed E-state index contributed by atoms with van der Waals surface area (Å²) in [4.78, 5) is 0.306. The van der Waals surface area contributed by atoms with Crippen molar-refractivity contribution in [2.45, 2.75) is 36.6 Å². The van der Waals surface area contributed by atoms with E-state index >= 15 is 0 Å². The van der Waals surface area contributed by atoms with Crippen LogP contribution in [0.25, 0.3) is 0 Å². The molecule has 0 saturated heterocycles. The van der Waals surface area contributed by atoms with E-state index in [0.717, 1.165) is 30.2 Å². The van der Waals surface area contributed by atoms with Crippen molar-refractivity contribution in [1.29, 1.82) is 0 Å². The third-order valence-electron chi connectivity index (χ3n) is 3.52. The van der Waals surface area contributed by atoms with Crippen molar-refractivity contribution < 1.29 is 8.42 Å². The maximum absolute atomic E-state index is 12.9. The highest BCUT2D eigenvalue weighted by Crippen LogP contribution is 2.32. The van der Waals surface area contributed by atoms with Gasteiger partial charge in [0.25, 0.3) is 0 Å². The lowest BCUT2D eigenvalue weighted by atomic mass is 10.2. The minimum atomic E-state index is -3.51. The van der Waals surface area contributed by atoms with Crippen LogP contribution in [-0.2, 0) is 10.0 Å². The Balaban J connectivity index is 2.44. The van der Waals surface area contributed by atoms with Crippen LogP contribution in [0.2, 0.25) is 0 Å². The van der Waals surface area contributed by atoms with Crippen molar-refractivity contribution in [3.8, 4) is 0 Å². The summed E-state index contributed by atoms with van der Waals surface area (Å²) in [6, 6.07) is 5.29. The first-order chi connectivity index (χ1) is 9.46. The van der Waals surface area contributed by atoms with E-state index < -0.39 is 10.0 Å². The van der Waals surface area contributed by atoms with Gasteiger partial charge >= 0.3 is 0 Å². The maximum atomic E-state index is 12.9. The van der Waals surface area contributed by atoms with Crippen molar-refractivity contribution in [2.75, 3.05) is 6.54 Å². The molecule has 0 amide bonds. The molecule has 1 aliphatic carbocycles. The smallest absolute Gasteiger partial charge is 0.207 e. The van der Waals surface area contributed by atoms with Gasteiger partial charge in [0.1, 0.15) is 0 Å². The van der Waals surface area contributed by atoms with E-state index in [1.165, 1.54) is 0 Å². The molecule has 0 heterocycles. The molecule has 0 N–H and O–H groups in total. The van der Waals surface area contributed by atoms with Gasteiger partial charge in [-0.2, -0.15) is 4.31 Å². The van der Waals surface area contributed by atoms with Gasteiger partial charge in [-0.15, -0.1) is 6.58 Å². The SMILES string of the molecule is C=CCN(C1CCCC1)S(=O)(=O)c1cc(Br)ccc1Br. The van der Waals surface area contributed by atoms with E-state index in [-0.39, 0.29) is 6.04 Å². The van der Waals surface area contributed by atoms with Crippen molar-refractivity contribution >= 4 is 41.9 Å². The molecule has 110 valence electrons.